The van der Waals surface area contributed by atoms with Gasteiger partial charge in [-0.05, 0) is 68.1 Å². The van der Waals surface area contributed by atoms with Crippen LogP contribution in [0.15, 0.2) is 48.8 Å². The summed E-state index contributed by atoms with van der Waals surface area (Å²) in [6.45, 7) is 5.66. The van der Waals surface area contributed by atoms with Gasteiger partial charge in [-0.25, -0.2) is 23.1 Å². The van der Waals surface area contributed by atoms with Gasteiger partial charge in [0.1, 0.15) is 36.2 Å². The number of Topliss-reactive ketones (excluding diaryl/α,β-unsaturated/α-hetero) is 1. The molecule has 2 saturated carbocycles. The van der Waals surface area contributed by atoms with E-state index in [0.29, 0.717) is 29.8 Å². The smallest absolute Gasteiger partial charge is 0.248 e. The van der Waals surface area contributed by atoms with E-state index in [9.17, 15) is 18.8 Å². The normalized spacial score (nSPS) is 26.0. The van der Waals surface area contributed by atoms with E-state index in [2.05, 4.69) is 48.3 Å². The quantitative estimate of drug-likeness (QED) is 0.312. The summed E-state index contributed by atoms with van der Waals surface area (Å²) in [5.74, 6) is -3.46. The maximum atomic E-state index is 15.2. The van der Waals surface area contributed by atoms with Crippen LogP contribution in [0.5, 0.6) is 5.75 Å². The van der Waals surface area contributed by atoms with E-state index in [1.165, 1.54) is 6.33 Å². The largest absolute Gasteiger partial charge is 0.486 e. The van der Waals surface area contributed by atoms with Crippen LogP contribution in [0.1, 0.15) is 44.1 Å². The van der Waals surface area contributed by atoms with Crippen LogP contribution in [0.4, 0.5) is 30.5 Å². The molecule has 0 amide bonds. The molecule has 4 aliphatic rings. The van der Waals surface area contributed by atoms with Crippen LogP contribution in [0.3, 0.4) is 0 Å². The minimum absolute atomic E-state index is 0.0670. The lowest BCUT2D eigenvalue weighted by Gasteiger charge is -2.43. The first-order valence-corrected chi connectivity index (χ1v) is 16.6. The van der Waals surface area contributed by atoms with Gasteiger partial charge in [0, 0.05) is 67.8 Å². The summed E-state index contributed by atoms with van der Waals surface area (Å²) in [4.78, 5) is 30.8. The standard InChI is InChI=1S/C35H38F3N7O3/c36-29-16-22(32(46)24-9-10-35(37,38)17-24)1-8-31(29)48-30-7-2-23(15-25(30)18-39)33-40-21-41-34(43-33)42-26-3-5-27(6-4-26)44-11-13-45(14-12-44)28-19-47-20-28/h2-7,15,21-22,24,28-29,31H,1,8-14,16-17,19-20H2,(H,40,41,42,43)/t22?,24-,29+,31-/m0/s1. The first-order chi connectivity index (χ1) is 23.2. The van der Waals surface area contributed by atoms with Crippen LogP contribution in [0.2, 0.25) is 0 Å². The van der Waals surface area contributed by atoms with E-state index in [-0.39, 0.29) is 42.8 Å². The SMILES string of the molecule is N#Cc1cc(-c2ncnc(Nc3ccc(N4CCN(C5COC5)CC4)cc3)n2)ccc1O[C@H]1CCC(C(=O)[C@H]2CCC(F)(F)C2)C[C@H]1F. The molecular weight excluding hydrogens is 623 g/mol. The molecule has 1 aromatic heterocycles. The number of carbonyl (C=O) groups excluding carboxylic acids is 1. The molecule has 48 heavy (non-hydrogen) atoms. The number of alkyl halides is 3. The predicted molar refractivity (Wildman–Crippen MR) is 172 cm³/mol. The second kappa shape index (κ2) is 13.7. The number of hydrogen-bond acceptors (Lipinski definition) is 10. The molecule has 0 radical (unpaired) electrons. The summed E-state index contributed by atoms with van der Waals surface area (Å²) >= 11 is 0. The molecule has 10 nitrogen and oxygen atoms in total. The van der Waals surface area contributed by atoms with Crippen molar-refractivity contribution < 1.29 is 27.4 Å². The van der Waals surface area contributed by atoms with Crippen LogP contribution < -0.4 is 15.0 Å². The Hall–Kier alpha value is -4.28. The zero-order valence-electron chi connectivity index (χ0n) is 26.5. The third kappa shape index (κ3) is 7.10. The van der Waals surface area contributed by atoms with E-state index in [1.807, 2.05) is 12.1 Å². The van der Waals surface area contributed by atoms with Gasteiger partial charge < -0.3 is 19.7 Å². The Kier molecular flexibility index (Phi) is 9.20. The molecule has 2 aliphatic carbocycles. The number of halogens is 3. The van der Waals surface area contributed by atoms with Crippen LogP contribution in [0.25, 0.3) is 11.4 Å². The predicted octanol–water partition coefficient (Wildman–Crippen LogP) is 5.56. The Morgan fingerprint density at radius 2 is 1.81 bits per heavy atom. The average Bonchev–Trinajstić information content (AvgIpc) is 3.45. The van der Waals surface area contributed by atoms with Crippen molar-refractivity contribution in [2.24, 2.45) is 11.8 Å². The van der Waals surface area contributed by atoms with E-state index >= 15 is 4.39 Å². The van der Waals surface area contributed by atoms with Gasteiger partial charge in [-0.3, -0.25) is 9.69 Å². The molecule has 4 fully saturated rings. The molecule has 2 aromatic carbocycles. The fourth-order valence-electron chi connectivity index (χ4n) is 7.19. The summed E-state index contributed by atoms with van der Waals surface area (Å²) in [5.41, 5.74) is 2.73. The van der Waals surface area contributed by atoms with Crippen LogP contribution in [-0.2, 0) is 9.53 Å². The van der Waals surface area contributed by atoms with Gasteiger partial charge in [-0.1, -0.05) is 0 Å². The van der Waals surface area contributed by atoms with E-state index in [4.69, 9.17) is 9.47 Å². The third-order valence-electron chi connectivity index (χ3n) is 10.1. The van der Waals surface area contributed by atoms with Crippen molar-refractivity contribution >= 4 is 23.1 Å². The summed E-state index contributed by atoms with van der Waals surface area (Å²) < 4.78 is 53.7. The molecule has 0 spiro atoms. The highest BCUT2D eigenvalue weighted by molar-refractivity contribution is 5.84. The lowest BCUT2D eigenvalue weighted by molar-refractivity contribution is -0.130. The van der Waals surface area contributed by atoms with Crippen molar-refractivity contribution in [3.8, 4) is 23.2 Å². The van der Waals surface area contributed by atoms with Crippen LogP contribution in [0, 0.1) is 23.2 Å². The number of nitrogens with one attached hydrogen (secondary N) is 1. The van der Waals surface area contributed by atoms with E-state index in [0.717, 1.165) is 50.8 Å². The average molecular weight is 662 g/mol. The number of anilines is 3. The summed E-state index contributed by atoms with van der Waals surface area (Å²) in [6.07, 6.45) is -0.943. The Labute approximate surface area is 277 Å². The second-order valence-corrected chi connectivity index (χ2v) is 13.2. The number of ketones is 1. The zero-order valence-corrected chi connectivity index (χ0v) is 26.5. The van der Waals surface area contributed by atoms with Gasteiger partial charge in [0.2, 0.25) is 11.9 Å². The monoisotopic (exact) mass is 661 g/mol. The number of nitrogens with zero attached hydrogens (tertiary/aromatic N) is 6. The number of ether oxygens (including phenoxy) is 2. The van der Waals surface area contributed by atoms with Crippen molar-refractivity contribution in [3.05, 3.63) is 54.4 Å². The minimum Gasteiger partial charge on any atom is -0.486 e. The Bertz CT molecular complexity index is 1660. The molecule has 2 saturated heterocycles. The lowest BCUT2D eigenvalue weighted by Crippen LogP contribution is -2.56. The number of carbonyl (C=O) groups is 1. The van der Waals surface area contributed by atoms with Crippen LogP contribution in [-0.4, -0.2) is 89.3 Å². The Balaban J connectivity index is 0.951. The van der Waals surface area contributed by atoms with Crippen molar-refractivity contribution in [1.82, 2.24) is 19.9 Å². The van der Waals surface area contributed by atoms with Gasteiger partial charge in [-0.2, -0.15) is 10.2 Å². The molecule has 7 rings (SSSR count). The van der Waals surface area contributed by atoms with Gasteiger partial charge in [-0.15, -0.1) is 0 Å². The molecular formula is C35H38F3N7O3. The van der Waals surface area contributed by atoms with Crippen molar-refractivity contribution in [3.63, 3.8) is 0 Å². The maximum Gasteiger partial charge on any atom is 0.248 e. The first-order valence-electron chi connectivity index (χ1n) is 16.6. The minimum atomic E-state index is -2.82. The highest BCUT2D eigenvalue weighted by atomic mass is 19.3. The van der Waals surface area contributed by atoms with E-state index in [1.54, 1.807) is 18.2 Å². The third-order valence-corrected chi connectivity index (χ3v) is 10.1. The number of hydrogen-bond donors (Lipinski definition) is 1. The molecule has 3 aromatic rings. The summed E-state index contributed by atoms with van der Waals surface area (Å²) in [7, 11) is 0. The molecule has 1 unspecified atom stereocenters. The second-order valence-electron chi connectivity index (χ2n) is 13.2. The van der Waals surface area contributed by atoms with Gasteiger partial charge in [0.25, 0.3) is 0 Å². The van der Waals surface area contributed by atoms with Crippen LogP contribution >= 0.6 is 0 Å². The summed E-state index contributed by atoms with van der Waals surface area (Å²) in [5, 5.41) is 13.1. The topological polar surface area (TPSA) is 116 Å². The highest BCUT2D eigenvalue weighted by Crippen LogP contribution is 2.42. The molecule has 3 heterocycles. The number of nitriles is 1. The number of aromatic nitrogens is 3. The molecule has 2 aliphatic heterocycles. The van der Waals surface area contributed by atoms with Crippen molar-refractivity contribution in [1.29, 1.82) is 5.26 Å². The summed E-state index contributed by atoms with van der Waals surface area (Å²) in [6, 6.07) is 15.7. The van der Waals surface area contributed by atoms with Gasteiger partial charge in [0.05, 0.1) is 24.8 Å². The Morgan fingerprint density at radius 3 is 2.48 bits per heavy atom. The number of benzene rings is 2. The van der Waals surface area contributed by atoms with Crippen molar-refractivity contribution in [2.75, 3.05) is 49.6 Å². The Morgan fingerprint density at radius 1 is 1.02 bits per heavy atom. The lowest BCUT2D eigenvalue weighted by atomic mass is 9.79. The fourth-order valence-corrected chi connectivity index (χ4v) is 7.19. The maximum absolute atomic E-state index is 15.2. The molecule has 252 valence electrons. The number of piperazine rings is 1. The van der Waals surface area contributed by atoms with Crippen molar-refractivity contribution in [2.45, 2.75) is 62.8 Å². The molecule has 1 N–H and O–H groups in total. The van der Waals surface area contributed by atoms with Gasteiger partial charge >= 0.3 is 0 Å². The fraction of sp³-hybridized carbons (Fsp3) is 0.514. The first kappa shape index (κ1) is 32.3. The molecule has 0 bridgehead atoms. The molecule has 4 atom stereocenters. The molecule has 13 heteroatoms. The number of rotatable bonds is 9. The van der Waals surface area contributed by atoms with E-state index < -0.39 is 36.5 Å². The highest BCUT2D eigenvalue weighted by Gasteiger charge is 2.45. The zero-order chi connectivity index (χ0) is 33.3. The van der Waals surface area contributed by atoms with Gasteiger partial charge in [0.15, 0.2) is 5.82 Å².